The van der Waals surface area contributed by atoms with Crippen molar-refractivity contribution in [3.63, 3.8) is 0 Å². The van der Waals surface area contributed by atoms with Gasteiger partial charge in [0.2, 0.25) is 0 Å². The number of carbonyl (C=O) groups is 1. The fourth-order valence-electron chi connectivity index (χ4n) is 3.99. The predicted molar refractivity (Wildman–Crippen MR) is 114 cm³/mol. The quantitative estimate of drug-likeness (QED) is 0.702. The second-order valence-electron chi connectivity index (χ2n) is 7.29. The maximum atomic E-state index is 11.8. The zero-order valence-corrected chi connectivity index (χ0v) is 16.3. The fraction of sp³-hybridized carbons (Fsp3) is 0.250. The van der Waals surface area contributed by atoms with E-state index in [1.165, 1.54) is 11.1 Å². The second-order valence-corrected chi connectivity index (χ2v) is 7.29. The number of nitrogens with two attached hydrogens (primary N) is 1. The third-order valence-corrected chi connectivity index (χ3v) is 5.39. The number of anilines is 1. The minimum Gasteiger partial charge on any atom is -0.375 e. The lowest BCUT2D eigenvalue weighted by Gasteiger charge is -2.36. The van der Waals surface area contributed by atoms with Gasteiger partial charge in [-0.1, -0.05) is 60.7 Å². The lowest BCUT2D eigenvalue weighted by Crippen LogP contribution is -2.44. The van der Waals surface area contributed by atoms with Crippen LogP contribution in [-0.2, 0) is 4.74 Å². The molecule has 5 nitrogen and oxygen atoms in total. The van der Waals surface area contributed by atoms with Gasteiger partial charge < -0.3 is 15.4 Å². The Labute approximate surface area is 171 Å². The number of morpholine rings is 1. The summed E-state index contributed by atoms with van der Waals surface area (Å²) in [5.41, 5.74) is 8.55. The molecule has 3 aromatic rings. The van der Waals surface area contributed by atoms with E-state index in [-0.39, 0.29) is 12.0 Å². The van der Waals surface area contributed by atoms with Crippen LogP contribution >= 0.6 is 0 Å². The molecule has 5 heteroatoms. The van der Waals surface area contributed by atoms with Gasteiger partial charge in [0.15, 0.2) is 0 Å². The number of amides is 1. The monoisotopic (exact) mass is 387 g/mol. The molecule has 2 aromatic carbocycles. The highest BCUT2D eigenvalue weighted by Crippen LogP contribution is 2.31. The molecule has 0 aliphatic carbocycles. The van der Waals surface area contributed by atoms with Gasteiger partial charge in [0, 0.05) is 25.2 Å². The molecule has 0 radical (unpaired) electrons. The number of hydrogen-bond acceptors (Lipinski definition) is 4. The molecule has 1 amide bonds. The van der Waals surface area contributed by atoms with Crippen LogP contribution in [0.4, 0.5) is 5.82 Å². The van der Waals surface area contributed by atoms with E-state index in [0.717, 1.165) is 6.42 Å². The number of nitrogens with zero attached hydrogens (tertiary/aromatic N) is 2. The van der Waals surface area contributed by atoms with Gasteiger partial charge in [-0.3, -0.25) is 4.79 Å². The summed E-state index contributed by atoms with van der Waals surface area (Å²) in [4.78, 5) is 18.4. The van der Waals surface area contributed by atoms with Crippen LogP contribution in [0.2, 0.25) is 0 Å². The van der Waals surface area contributed by atoms with Gasteiger partial charge >= 0.3 is 0 Å². The van der Waals surface area contributed by atoms with Crippen LogP contribution in [0.15, 0.2) is 79.0 Å². The van der Waals surface area contributed by atoms with Gasteiger partial charge in [-0.25, -0.2) is 4.98 Å². The van der Waals surface area contributed by atoms with Gasteiger partial charge in [-0.15, -0.1) is 0 Å². The molecule has 4 rings (SSSR count). The van der Waals surface area contributed by atoms with Crippen LogP contribution < -0.4 is 10.6 Å². The molecule has 0 spiro atoms. The molecular formula is C24H25N3O2. The van der Waals surface area contributed by atoms with E-state index in [2.05, 4.69) is 58.4 Å². The minimum atomic E-state index is -0.456. The molecule has 0 unspecified atom stereocenters. The van der Waals surface area contributed by atoms with Gasteiger partial charge in [-0.05, 0) is 29.7 Å². The van der Waals surface area contributed by atoms with E-state index in [9.17, 15) is 4.79 Å². The number of aromatic nitrogens is 1. The van der Waals surface area contributed by atoms with Crippen molar-refractivity contribution in [2.45, 2.75) is 18.4 Å². The zero-order valence-electron chi connectivity index (χ0n) is 16.3. The van der Waals surface area contributed by atoms with E-state index in [1.807, 2.05) is 12.1 Å². The Bertz CT molecular complexity index is 907. The summed E-state index contributed by atoms with van der Waals surface area (Å²) >= 11 is 0. The van der Waals surface area contributed by atoms with Crippen molar-refractivity contribution in [2.24, 2.45) is 5.73 Å². The topological polar surface area (TPSA) is 68.5 Å². The lowest BCUT2D eigenvalue weighted by atomic mass is 9.86. The Hall–Kier alpha value is -3.18. The third-order valence-electron chi connectivity index (χ3n) is 5.39. The highest BCUT2D eigenvalue weighted by atomic mass is 16.5. The van der Waals surface area contributed by atoms with Crippen molar-refractivity contribution < 1.29 is 9.53 Å². The maximum absolute atomic E-state index is 11.8. The number of ether oxygens (including phenoxy) is 1. The molecule has 1 fully saturated rings. The van der Waals surface area contributed by atoms with Crippen molar-refractivity contribution in [3.8, 4) is 0 Å². The second kappa shape index (κ2) is 8.88. The first-order valence-electron chi connectivity index (χ1n) is 9.93. The maximum Gasteiger partial charge on any atom is 0.252 e. The van der Waals surface area contributed by atoms with E-state index in [1.54, 1.807) is 18.3 Å². The van der Waals surface area contributed by atoms with Crippen molar-refractivity contribution in [1.29, 1.82) is 0 Å². The highest BCUT2D eigenvalue weighted by molar-refractivity contribution is 5.97. The predicted octanol–water partition coefficient (Wildman–Crippen LogP) is 3.61. The van der Waals surface area contributed by atoms with Gasteiger partial charge in [-0.2, -0.15) is 0 Å². The van der Waals surface area contributed by atoms with E-state index < -0.39 is 5.91 Å². The van der Waals surface area contributed by atoms with E-state index in [0.29, 0.717) is 31.1 Å². The Kier molecular flexibility index (Phi) is 5.86. The summed E-state index contributed by atoms with van der Waals surface area (Å²) in [5.74, 6) is 0.425. The minimum absolute atomic E-state index is 0.0249. The van der Waals surface area contributed by atoms with Gasteiger partial charge in [0.1, 0.15) is 5.82 Å². The molecule has 1 aromatic heterocycles. The molecule has 1 saturated heterocycles. The molecule has 148 valence electrons. The van der Waals surface area contributed by atoms with Crippen molar-refractivity contribution in [1.82, 2.24) is 4.98 Å². The zero-order chi connectivity index (χ0) is 20.1. The largest absolute Gasteiger partial charge is 0.375 e. The average molecular weight is 387 g/mol. The summed E-state index contributed by atoms with van der Waals surface area (Å²) in [6.07, 6.45) is 2.57. The van der Waals surface area contributed by atoms with Crippen LogP contribution in [0.25, 0.3) is 0 Å². The molecule has 1 atom stereocenters. The Morgan fingerprint density at radius 2 is 1.69 bits per heavy atom. The van der Waals surface area contributed by atoms with Crippen molar-refractivity contribution in [3.05, 3.63) is 95.7 Å². The number of carbonyl (C=O) groups excluding carboxylic acids is 1. The van der Waals surface area contributed by atoms with Gasteiger partial charge in [0.25, 0.3) is 5.91 Å². The van der Waals surface area contributed by atoms with Gasteiger partial charge in [0.05, 0.1) is 18.3 Å². The summed E-state index contributed by atoms with van der Waals surface area (Å²) in [7, 11) is 0. The first kappa shape index (κ1) is 19.2. The smallest absolute Gasteiger partial charge is 0.252 e. The molecule has 2 heterocycles. The summed E-state index contributed by atoms with van der Waals surface area (Å²) in [5, 5.41) is 0. The molecule has 1 aliphatic heterocycles. The first-order valence-corrected chi connectivity index (χ1v) is 9.93. The van der Waals surface area contributed by atoms with Crippen LogP contribution in [0, 0.1) is 0 Å². The normalized spacial score (nSPS) is 16.7. The standard InChI is InChI=1S/C24H25N3O2/c25-23(28)21-12-7-13-26-24(21)27-14-15-29-20(17-27)16-22(18-8-3-1-4-9-18)19-10-5-2-6-11-19/h1-13,20,22H,14-17H2,(H2,25,28)/t20-/m0/s1. The SMILES string of the molecule is NC(=O)c1cccnc1N1CCO[C@@H](CC(c2ccccc2)c2ccccc2)C1. The third kappa shape index (κ3) is 4.46. The molecule has 2 N–H and O–H groups in total. The number of primary amides is 1. The van der Waals surface area contributed by atoms with Crippen LogP contribution in [0.5, 0.6) is 0 Å². The summed E-state index contributed by atoms with van der Waals surface area (Å²) < 4.78 is 6.12. The molecular weight excluding hydrogens is 362 g/mol. The summed E-state index contributed by atoms with van der Waals surface area (Å²) in [6.45, 7) is 1.96. The van der Waals surface area contributed by atoms with Crippen LogP contribution in [-0.4, -0.2) is 36.7 Å². The number of rotatable bonds is 6. The van der Waals surface area contributed by atoms with Crippen LogP contribution in [0.3, 0.4) is 0 Å². The van der Waals surface area contributed by atoms with Crippen molar-refractivity contribution >= 4 is 11.7 Å². The Morgan fingerprint density at radius 3 is 2.31 bits per heavy atom. The van der Waals surface area contributed by atoms with E-state index in [4.69, 9.17) is 10.5 Å². The molecule has 0 bridgehead atoms. The Balaban J connectivity index is 1.57. The van der Waals surface area contributed by atoms with E-state index >= 15 is 0 Å². The molecule has 0 saturated carbocycles. The molecule has 29 heavy (non-hydrogen) atoms. The highest BCUT2D eigenvalue weighted by Gasteiger charge is 2.27. The van der Waals surface area contributed by atoms with Crippen molar-refractivity contribution in [2.75, 3.05) is 24.6 Å². The number of pyridine rings is 1. The molecule has 1 aliphatic rings. The lowest BCUT2D eigenvalue weighted by molar-refractivity contribution is 0.0323. The number of benzene rings is 2. The average Bonchev–Trinajstić information content (AvgIpc) is 2.79. The number of hydrogen-bond donors (Lipinski definition) is 1. The fourth-order valence-corrected chi connectivity index (χ4v) is 3.99. The Morgan fingerprint density at radius 1 is 1.03 bits per heavy atom. The summed E-state index contributed by atoms with van der Waals surface area (Å²) in [6, 6.07) is 24.5. The first-order chi connectivity index (χ1) is 14.2. The van der Waals surface area contributed by atoms with Crippen LogP contribution in [0.1, 0.15) is 33.8 Å².